The lowest BCUT2D eigenvalue weighted by atomic mass is 9.95. The van der Waals surface area contributed by atoms with Gasteiger partial charge in [-0.1, -0.05) is 6.92 Å². The van der Waals surface area contributed by atoms with E-state index in [0.717, 1.165) is 36.1 Å². The molecule has 0 aliphatic heterocycles. The second-order valence-electron chi connectivity index (χ2n) is 4.76. The highest BCUT2D eigenvalue weighted by atomic mass is 32.1. The first kappa shape index (κ1) is 15.5. The Balaban J connectivity index is 2.35. The molecule has 0 aromatic carbocycles. The number of aryl methyl sites for hydroxylation is 1. The van der Waals surface area contributed by atoms with E-state index < -0.39 is 12.0 Å². The number of hydrogen-bond donors (Lipinski definition) is 2. The summed E-state index contributed by atoms with van der Waals surface area (Å²) < 4.78 is 4.45. The van der Waals surface area contributed by atoms with Gasteiger partial charge in [0.1, 0.15) is 5.00 Å². The van der Waals surface area contributed by atoms with Gasteiger partial charge in [-0.15, -0.1) is 11.3 Å². The van der Waals surface area contributed by atoms with Crippen molar-refractivity contribution in [3.05, 3.63) is 16.0 Å². The highest BCUT2D eigenvalue weighted by molar-refractivity contribution is 7.17. The molecule has 1 aromatic heterocycles. The van der Waals surface area contributed by atoms with Gasteiger partial charge in [0, 0.05) is 11.3 Å². The summed E-state index contributed by atoms with van der Waals surface area (Å²) in [7, 11) is 1.20. The van der Waals surface area contributed by atoms with E-state index >= 15 is 0 Å². The second-order valence-corrected chi connectivity index (χ2v) is 5.87. The number of carbonyl (C=O) groups excluding carboxylic acids is 3. The molecule has 6 nitrogen and oxygen atoms in total. The van der Waals surface area contributed by atoms with E-state index in [1.807, 2.05) is 0 Å². The predicted octanol–water partition coefficient (Wildman–Crippen LogP) is 2.47. The number of thiophene rings is 1. The number of methoxy groups -OCH3 is 1. The minimum absolute atomic E-state index is 0.152. The van der Waals surface area contributed by atoms with Crippen molar-refractivity contribution in [1.82, 2.24) is 5.32 Å². The van der Waals surface area contributed by atoms with Gasteiger partial charge in [-0.25, -0.2) is 4.79 Å². The fourth-order valence-corrected chi connectivity index (χ4v) is 3.62. The monoisotopic (exact) mass is 310 g/mol. The molecule has 0 radical (unpaired) electrons. The van der Waals surface area contributed by atoms with Gasteiger partial charge >= 0.3 is 6.09 Å². The van der Waals surface area contributed by atoms with Crippen LogP contribution < -0.4 is 10.6 Å². The third-order valence-electron chi connectivity index (χ3n) is 3.37. The smallest absolute Gasteiger partial charge is 0.413 e. The number of ether oxygens (including phenoxy) is 1. The number of carbonyl (C=O) groups is 3. The lowest BCUT2D eigenvalue weighted by Crippen LogP contribution is -2.31. The molecule has 1 aromatic rings. The maximum Gasteiger partial charge on any atom is 0.413 e. The van der Waals surface area contributed by atoms with Crippen molar-refractivity contribution in [1.29, 1.82) is 0 Å². The largest absolute Gasteiger partial charge is 0.453 e. The van der Waals surface area contributed by atoms with Crippen LogP contribution in [0.5, 0.6) is 0 Å². The Hall–Kier alpha value is -1.89. The zero-order valence-electron chi connectivity index (χ0n) is 12.1. The predicted molar refractivity (Wildman–Crippen MR) is 79.8 cm³/mol. The molecule has 0 unspecified atom stereocenters. The van der Waals surface area contributed by atoms with Crippen molar-refractivity contribution >= 4 is 34.2 Å². The van der Waals surface area contributed by atoms with Crippen molar-refractivity contribution in [3.63, 3.8) is 0 Å². The van der Waals surface area contributed by atoms with Gasteiger partial charge in [0.15, 0.2) is 0 Å². The first-order valence-electron chi connectivity index (χ1n) is 6.90. The first-order chi connectivity index (χ1) is 10.1. The molecule has 1 heterocycles. The zero-order chi connectivity index (χ0) is 15.4. The van der Waals surface area contributed by atoms with Gasteiger partial charge in [0.05, 0.1) is 12.7 Å². The molecule has 2 N–H and O–H groups in total. The van der Waals surface area contributed by atoms with Crippen molar-refractivity contribution in [3.8, 4) is 0 Å². The average Bonchev–Trinajstić information content (AvgIpc) is 2.84. The quantitative estimate of drug-likeness (QED) is 0.898. The average molecular weight is 310 g/mol. The van der Waals surface area contributed by atoms with Gasteiger partial charge in [0.2, 0.25) is 5.91 Å². The molecule has 0 atom stereocenters. The summed E-state index contributed by atoms with van der Waals surface area (Å²) >= 11 is 1.42. The van der Waals surface area contributed by atoms with Crippen LogP contribution in [0.15, 0.2) is 0 Å². The van der Waals surface area contributed by atoms with E-state index in [9.17, 15) is 14.4 Å². The molecular weight excluding hydrogens is 292 g/mol. The number of nitrogens with one attached hydrogen (secondary N) is 2. The highest BCUT2D eigenvalue weighted by Gasteiger charge is 2.27. The number of imide groups is 1. The van der Waals surface area contributed by atoms with E-state index in [2.05, 4.69) is 15.4 Å². The molecule has 7 heteroatoms. The van der Waals surface area contributed by atoms with E-state index in [-0.39, 0.29) is 5.91 Å². The molecule has 0 bridgehead atoms. The Labute approximate surface area is 126 Å². The van der Waals surface area contributed by atoms with E-state index in [1.54, 1.807) is 6.92 Å². The second kappa shape index (κ2) is 6.71. The fraction of sp³-hybridized carbons (Fsp3) is 0.500. The summed E-state index contributed by atoms with van der Waals surface area (Å²) in [6, 6.07) is 0. The van der Waals surface area contributed by atoms with Crippen LogP contribution in [0.1, 0.15) is 47.0 Å². The molecule has 2 rings (SSSR count). The molecule has 1 aliphatic rings. The van der Waals surface area contributed by atoms with E-state index in [1.165, 1.54) is 18.4 Å². The van der Waals surface area contributed by atoms with E-state index in [4.69, 9.17) is 0 Å². The molecule has 3 amide bonds. The molecule has 21 heavy (non-hydrogen) atoms. The minimum Gasteiger partial charge on any atom is -0.453 e. The molecule has 1 aliphatic carbocycles. The molecular formula is C14H18N2O4S. The van der Waals surface area contributed by atoms with E-state index in [0.29, 0.717) is 17.0 Å². The van der Waals surface area contributed by atoms with Gasteiger partial charge in [-0.2, -0.15) is 0 Å². The lowest BCUT2D eigenvalue weighted by Gasteiger charge is -2.12. The molecule has 114 valence electrons. The van der Waals surface area contributed by atoms with Crippen molar-refractivity contribution < 1.29 is 19.1 Å². The van der Waals surface area contributed by atoms with Gasteiger partial charge < -0.3 is 10.1 Å². The van der Waals surface area contributed by atoms with Crippen LogP contribution in [-0.4, -0.2) is 25.0 Å². The van der Waals surface area contributed by atoms with Crippen LogP contribution in [0.3, 0.4) is 0 Å². The zero-order valence-corrected chi connectivity index (χ0v) is 12.9. The number of alkyl carbamates (subject to hydrolysis) is 1. The summed E-state index contributed by atoms with van der Waals surface area (Å²) in [6.07, 6.45) is 3.30. The van der Waals surface area contributed by atoms with Crippen molar-refractivity contribution in [2.75, 3.05) is 12.4 Å². The number of fused-ring (bicyclic) bond motifs is 1. The number of amides is 3. The summed E-state index contributed by atoms with van der Waals surface area (Å²) in [5, 5.41) is 5.45. The molecule has 0 saturated heterocycles. The standard InChI is InChI=1S/C14H18N2O4S/c1-3-10(17)15-13-11(12(18)16-14(19)20-2)8-6-4-5-7-9(8)21-13/h3-7H2,1-2H3,(H,15,17)(H,16,18,19). The number of hydrogen-bond acceptors (Lipinski definition) is 5. The molecule has 0 fully saturated rings. The Bertz CT molecular complexity index is 580. The third-order valence-corrected chi connectivity index (χ3v) is 4.58. The Morgan fingerprint density at radius 1 is 1.24 bits per heavy atom. The molecule has 0 saturated carbocycles. The van der Waals surface area contributed by atoms with Crippen LogP contribution in [0.25, 0.3) is 0 Å². The van der Waals surface area contributed by atoms with Crippen molar-refractivity contribution in [2.24, 2.45) is 0 Å². The van der Waals surface area contributed by atoms with Gasteiger partial charge in [0.25, 0.3) is 5.91 Å². The molecule has 0 spiro atoms. The van der Waals surface area contributed by atoms with Gasteiger partial charge in [-0.3, -0.25) is 14.9 Å². The Morgan fingerprint density at radius 2 is 1.95 bits per heavy atom. The highest BCUT2D eigenvalue weighted by Crippen LogP contribution is 2.38. The SMILES string of the molecule is CCC(=O)Nc1sc2c(c1C(=O)NC(=O)OC)CCCC2. The van der Waals surface area contributed by atoms with Crippen molar-refractivity contribution in [2.45, 2.75) is 39.0 Å². The lowest BCUT2D eigenvalue weighted by molar-refractivity contribution is -0.115. The first-order valence-corrected chi connectivity index (χ1v) is 7.72. The fourth-order valence-electron chi connectivity index (χ4n) is 2.32. The topological polar surface area (TPSA) is 84.5 Å². The van der Waals surface area contributed by atoms with Crippen LogP contribution in [0, 0.1) is 0 Å². The summed E-state index contributed by atoms with van der Waals surface area (Å²) in [5.41, 5.74) is 1.35. The number of rotatable bonds is 3. The maximum atomic E-state index is 12.3. The maximum absolute atomic E-state index is 12.3. The number of anilines is 1. The van der Waals surface area contributed by atoms with Crippen LogP contribution in [-0.2, 0) is 22.4 Å². The van der Waals surface area contributed by atoms with Crippen LogP contribution >= 0.6 is 11.3 Å². The summed E-state index contributed by atoms with van der Waals surface area (Å²) in [5.74, 6) is -0.673. The third kappa shape index (κ3) is 3.41. The minimum atomic E-state index is -0.802. The normalized spacial score (nSPS) is 13.2. The van der Waals surface area contributed by atoms with Gasteiger partial charge in [-0.05, 0) is 31.2 Å². The summed E-state index contributed by atoms with van der Waals surface area (Å²) in [4.78, 5) is 36.3. The Kier molecular flexibility index (Phi) is 4.95. The summed E-state index contributed by atoms with van der Waals surface area (Å²) in [6.45, 7) is 1.75. The van der Waals surface area contributed by atoms with Crippen LogP contribution in [0.4, 0.5) is 9.80 Å². The van der Waals surface area contributed by atoms with Crippen LogP contribution in [0.2, 0.25) is 0 Å². The Morgan fingerprint density at radius 3 is 2.62 bits per heavy atom.